The zero-order chi connectivity index (χ0) is 24.2. The van der Waals surface area contributed by atoms with Crippen LogP contribution < -0.4 is 0 Å². The first-order valence-corrected chi connectivity index (χ1v) is 13.7. The van der Waals surface area contributed by atoms with Crippen molar-refractivity contribution < 1.29 is 14.6 Å². The number of esters is 1. The summed E-state index contributed by atoms with van der Waals surface area (Å²) >= 11 is 0. The monoisotopic (exact) mass is 456 g/mol. The molecule has 3 saturated carbocycles. The van der Waals surface area contributed by atoms with Crippen molar-refractivity contribution in [2.45, 2.75) is 112 Å². The number of carbonyl (C=O) groups excluding carboxylic acids is 1. The quantitative estimate of drug-likeness (QED) is 0.354. The molecule has 186 valence electrons. The van der Waals surface area contributed by atoms with E-state index in [1.165, 1.54) is 32.6 Å². The Kier molecular flexibility index (Phi) is 6.71. The lowest BCUT2D eigenvalue weighted by molar-refractivity contribution is -0.183. The highest BCUT2D eigenvalue weighted by Crippen LogP contribution is 2.67. The van der Waals surface area contributed by atoms with Crippen molar-refractivity contribution in [1.82, 2.24) is 0 Å². The molecule has 0 bridgehead atoms. The van der Waals surface area contributed by atoms with Gasteiger partial charge >= 0.3 is 5.97 Å². The van der Waals surface area contributed by atoms with E-state index in [4.69, 9.17) is 4.74 Å². The van der Waals surface area contributed by atoms with Gasteiger partial charge in [0.15, 0.2) is 0 Å². The van der Waals surface area contributed by atoms with Crippen LogP contribution in [0.4, 0.5) is 0 Å². The molecule has 0 aromatic heterocycles. The van der Waals surface area contributed by atoms with E-state index in [-0.39, 0.29) is 17.5 Å². The number of carbonyl (C=O) groups is 1. The Morgan fingerprint density at radius 1 is 1.06 bits per heavy atom. The van der Waals surface area contributed by atoms with Crippen LogP contribution in [0, 0.1) is 46.3 Å². The van der Waals surface area contributed by atoms with Crippen LogP contribution in [-0.4, -0.2) is 22.8 Å². The fraction of sp³-hybridized carbons (Fsp3) is 0.833. The first-order chi connectivity index (χ1) is 15.4. The molecule has 0 aromatic carbocycles. The van der Waals surface area contributed by atoms with Crippen LogP contribution in [-0.2, 0) is 9.53 Å². The van der Waals surface area contributed by atoms with E-state index in [2.05, 4.69) is 59.8 Å². The second-order valence-electron chi connectivity index (χ2n) is 13.0. The minimum Gasteiger partial charge on any atom is -0.462 e. The van der Waals surface area contributed by atoms with Gasteiger partial charge in [-0.25, -0.2) is 0 Å². The van der Waals surface area contributed by atoms with Crippen molar-refractivity contribution in [3.63, 3.8) is 0 Å². The highest BCUT2D eigenvalue weighted by Gasteiger charge is 2.62. The Bertz CT molecular complexity index is 811. The Morgan fingerprint density at radius 3 is 2.45 bits per heavy atom. The fourth-order valence-electron chi connectivity index (χ4n) is 8.42. The summed E-state index contributed by atoms with van der Waals surface area (Å²) in [7, 11) is 0. The maximum absolute atomic E-state index is 11.8. The van der Waals surface area contributed by atoms with E-state index in [9.17, 15) is 9.90 Å². The summed E-state index contributed by atoms with van der Waals surface area (Å²) < 4.78 is 5.54. The summed E-state index contributed by atoms with van der Waals surface area (Å²) in [6, 6.07) is 0. The van der Waals surface area contributed by atoms with E-state index >= 15 is 0 Å². The molecule has 3 heteroatoms. The maximum atomic E-state index is 11.8. The van der Waals surface area contributed by atoms with Gasteiger partial charge < -0.3 is 9.84 Å². The first kappa shape index (κ1) is 25.0. The summed E-state index contributed by atoms with van der Waals surface area (Å²) in [5, 5.41) is 11.8. The van der Waals surface area contributed by atoms with Crippen LogP contribution in [0.3, 0.4) is 0 Å². The average Bonchev–Trinajstić information content (AvgIpc) is 3.09. The Labute approximate surface area is 202 Å². The van der Waals surface area contributed by atoms with Crippen molar-refractivity contribution in [3.05, 3.63) is 23.8 Å². The molecule has 0 spiro atoms. The molecule has 3 fully saturated rings. The van der Waals surface area contributed by atoms with Crippen molar-refractivity contribution >= 4 is 5.97 Å². The summed E-state index contributed by atoms with van der Waals surface area (Å²) in [4.78, 5) is 11.5. The SMILES string of the molecule is CC(=O)OC1CCC2(C)C3CCC4(C)C(CCC4[C@H](C)/C=C/[C@H](C)C(C)C)C3=CC[C@@]2(O)C1. The van der Waals surface area contributed by atoms with Gasteiger partial charge in [0.2, 0.25) is 0 Å². The standard InChI is InChI=1S/C30H48O3/c1-19(2)20(3)8-9-21(4)25-10-11-26-24-13-17-30(32)18-23(33-22(5)31)12-16-29(30,7)27(24)14-15-28(25,26)6/h8-9,13,19-21,23,25-27,32H,10-12,14-18H2,1-7H3/b9-8+/t20-,21+,23?,25?,26?,27?,28?,29?,30+/m0/s1. The number of aliphatic hydroxyl groups is 1. The number of fused-ring (bicyclic) bond motifs is 5. The number of hydrogen-bond donors (Lipinski definition) is 1. The predicted molar refractivity (Wildman–Crippen MR) is 135 cm³/mol. The molecule has 6 unspecified atom stereocenters. The largest absolute Gasteiger partial charge is 0.462 e. The van der Waals surface area contributed by atoms with Gasteiger partial charge in [-0.3, -0.25) is 4.79 Å². The minimum atomic E-state index is -0.756. The lowest BCUT2D eigenvalue weighted by atomic mass is 9.46. The third kappa shape index (κ3) is 4.15. The van der Waals surface area contributed by atoms with Gasteiger partial charge in [0.25, 0.3) is 0 Å². The first-order valence-electron chi connectivity index (χ1n) is 13.7. The van der Waals surface area contributed by atoms with Crippen LogP contribution in [0.25, 0.3) is 0 Å². The molecule has 1 N–H and O–H groups in total. The van der Waals surface area contributed by atoms with Gasteiger partial charge in [-0.05, 0) is 85.9 Å². The topological polar surface area (TPSA) is 46.5 Å². The Hall–Kier alpha value is -1.09. The van der Waals surface area contributed by atoms with Gasteiger partial charge in [0.1, 0.15) is 6.10 Å². The predicted octanol–water partition coefficient (Wildman–Crippen LogP) is 7.10. The number of allylic oxidation sites excluding steroid dienone is 3. The van der Waals surface area contributed by atoms with E-state index in [0.29, 0.717) is 47.8 Å². The number of hydrogen-bond acceptors (Lipinski definition) is 3. The van der Waals surface area contributed by atoms with Crippen LogP contribution in [0.2, 0.25) is 0 Å². The molecule has 0 amide bonds. The smallest absolute Gasteiger partial charge is 0.302 e. The third-order valence-electron chi connectivity index (χ3n) is 11.0. The molecule has 33 heavy (non-hydrogen) atoms. The van der Waals surface area contributed by atoms with E-state index in [0.717, 1.165) is 18.8 Å². The molecular weight excluding hydrogens is 408 g/mol. The zero-order valence-corrected chi connectivity index (χ0v) is 22.2. The van der Waals surface area contributed by atoms with Crippen LogP contribution in [0.5, 0.6) is 0 Å². The molecule has 0 saturated heterocycles. The summed E-state index contributed by atoms with van der Waals surface area (Å²) in [5.74, 6) is 3.59. The molecule has 0 aromatic rings. The average molecular weight is 457 g/mol. The number of ether oxygens (including phenoxy) is 1. The second-order valence-corrected chi connectivity index (χ2v) is 13.0. The summed E-state index contributed by atoms with van der Waals surface area (Å²) in [5.41, 5.74) is 1.17. The zero-order valence-electron chi connectivity index (χ0n) is 22.2. The second kappa shape index (κ2) is 8.85. The molecule has 4 aliphatic carbocycles. The molecule has 0 aliphatic heterocycles. The van der Waals surface area contributed by atoms with Crippen LogP contribution in [0.1, 0.15) is 99.8 Å². The Balaban J connectivity index is 1.55. The lowest BCUT2D eigenvalue weighted by Gasteiger charge is -2.61. The van der Waals surface area contributed by atoms with Gasteiger partial charge in [0.05, 0.1) is 5.60 Å². The normalized spacial score (nSPS) is 44.6. The minimum absolute atomic E-state index is 0.106. The van der Waals surface area contributed by atoms with Gasteiger partial charge in [-0.15, -0.1) is 0 Å². The molecule has 0 radical (unpaired) electrons. The van der Waals surface area contributed by atoms with E-state index in [1.807, 2.05) is 0 Å². The van der Waals surface area contributed by atoms with Crippen molar-refractivity contribution in [1.29, 1.82) is 0 Å². The van der Waals surface area contributed by atoms with Crippen LogP contribution in [0.15, 0.2) is 23.8 Å². The van der Waals surface area contributed by atoms with Crippen molar-refractivity contribution in [2.75, 3.05) is 0 Å². The third-order valence-corrected chi connectivity index (χ3v) is 11.0. The van der Waals surface area contributed by atoms with Crippen molar-refractivity contribution in [2.24, 2.45) is 46.3 Å². The van der Waals surface area contributed by atoms with E-state index < -0.39 is 5.60 Å². The van der Waals surface area contributed by atoms with Gasteiger partial charge in [-0.1, -0.05) is 65.3 Å². The fourth-order valence-corrected chi connectivity index (χ4v) is 8.42. The highest BCUT2D eigenvalue weighted by molar-refractivity contribution is 5.66. The Morgan fingerprint density at radius 2 is 1.79 bits per heavy atom. The molecule has 4 rings (SSSR count). The van der Waals surface area contributed by atoms with Crippen molar-refractivity contribution in [3.8, 4) is 0 Å². The highest BCUT2D eigenvalue weighted by atomic mass is 16.5. The lowest BCUT2D eigenvalue weighted by Crippen LogP contribution is -2.60. The van der Waals surface area contributed by atoms with Crippen LogP contribution >= 0.6 is 0 Å². The van der Waals surface area contributed by atoms with Gasteiger partial charge in [-0.2, -0.15) is 0 Å². The summed E-state index contributed by atoms with van der Waals surface area (Å²) in [6.45, 7) is 15.8. The maximum Gasteiger partial charge on any atom is 0.302 e. The summed E-state index contributed by atoms with van der Waals surface area (Å²) in [6.07, 6.45) is 15.5. The number of rotatable bonds is 5. The molecular formula is C30H48O3. The molecule has 0 heterocycles. The molecule has 4 aliphatic rings. The van der Waals surface area contributed by atoms with E-state index in [1.54, 1.807) is 5.57 Å². The van der Waals surface area contributed by atoms with Gasteiger partial charge in [0, 0.05) is 18.8 Å². The molecule has 9 atom stereocenters. The molecule has 3 nitrogen and oxygen atoms in total.